The summed E-state index contributed by atoms with van der Waals surface area (Å²) in [7, 11) is 0. The first-order valence-corrected chi connectivity index (χ1v) is 5.56. The zero-order valence-corrected chi connectivity index (χ0v) is 10.4. The summed E-state index contributed by atoms with van der Waals surface area (Å²) in [5.74, 6) is -0.772. The highest BCUT2D eigenvalue weighted by molar-refractivity contribution is 7.80. The SMILES string of the molecule is CCN(CC(F)(F)F)c1ccc(C(N)=S)cc1F. The van der Waals surface area contributed by atoms with Gasteiger partial charge < -0.3 is 10.6 Å². The maximum atomic E-state index is 13.7. The van der Waals surface area contributed by atoms with Crippen LogP contribution in [0.5, 0.6) is 0 Å². The van der Waals surface area contributed by atoms with Crippen LogP contribution in [0.3, 0.4) is 0 Å². The van der Waals surface area contributed by atoms with Crippen LogP contribution in [0.2, 0.25) is 0 Å². The number of hydrogen-bond donors (Lipinski definition) is 1. The van der Waals surface area contributed by atoms with Gasteiger partial charge in [-0.05, 0) is 25.1 Å². The van der Waals surface area contributed by atoms with E-state index < -0.39 is 18.5 Å². The van der Waals surface area contributed by atoms with Crippen molar-refractivity contribution in [1.29, 1.82) is 0 Å². The van der Waals surface area contributed by atoms with E-state index in [9.17, 15) is 17.6 Å². The average Bonchev–Trinajstić information content (AvgIpc) is 2.24. The van der Waals surface area contributed by atoms with Crippen molar-refractivity contribution in [3.63, 3.8) is 0 Å². The Labute approximate surface area is 107 Å². The molecule has 100 valence electrons. The van der Waals surface area contributed by atoms with Gasteiger partial charge in [0.1, 0.15) is 17.4 Å². The molecule has 0 saturated heterocycles. The molecule has 1 rings (SSSR count). The molecule has 0 fully saturated rings. The van der Waals surface area contributed by atoms with Gasteiger partial charge in [-0.1, -0.05) is 12.2 Å². The van der Waals surface area contributed by atoms with E-state index in [1.165, 1.54) is 19.1 Å². The number of anilines is 1. The fourth-order valence-electron chi connectivity index (χ4n) is 1.50. The largest absolute Gasteiger partial charge is 0.405 e. The summed E-state index contributed by atoms with van der Waals surface area (Å²) in [6.45, 7) is 0.363. The van der Waals surface area contributed by atoms with Crippen molar-refractivity contribution in [3.05, 3.63) is 29.6 Å². The number of nitrogens with two attached hydrogens (primary N) is 1. The number of thiocarbonyl (C=S) groups is 1. The predicted octanol–water partition coefficient (Wildman–Crippen LogP) is 2.85. The molecule has 18 heavy (non-hydrogen) atoms. The third-order valence-corrected chi connectivity index (χ3v) is 2.56. The Bertz CT molecular complexity index is 445. The van der Waals surface area contributed by atoms with E-state index in [2.05, 4.69) is 12.2 Å². The topological polar surface area (TPSA) is 29.3 Å². The van der Waals surface area contributed by atoms with E-state index in [4.69, 9.17) is 5.73 Å². The van der Waals surface area contributed by atoms with Crippen molar-refractivity contribution in [2.24, 2.45) is 5.73 Å². The second-order valence-corrected chi connectivity index (χ2v) is 4.10. The Morgan fingerprint density at radius 1 is 1.39 bits per heavy atom. The molecule has 1 aromatic carbocycles. The van der Waals surface area contributed by atoms with Gasteiger partial charge >= 0.3 is 6.18 Å². The number of halogens is 4. The van der Waals surface area contributed by atoms with E-state index in [0.717, 1.165) is 11.0 Å². The minimum atomic E-state index is -4.38. The van der Waals surface area contributed by atoms with Crippen LogP contribution in [0, 0.1) is 5.82 Å². The van der Waals surface area contributed by atoms with Crippen molar-refractivity contribution < 1.29 is 17.6 Å². The Balaban J connectivity index is 3.04. The van der Waals surface area contributed by atoms with Crippen molar-refractivity contribution in [2.75, 3.05) is 18.0 Å². The molecule has 0 aromatic heterocycles. The minimum absolute atomic E-state index is 0.000630. The molecule has 1 aromatic rings. The minimum Gasteiger partial charge on any atom is -0.389 e. The lowest BCUT2D eigenvalue weighted by Crippen LogP contribution is -2.34. The summed E-state index contributed by atoms with van der Waals surface area (Å²) in [6.07, 6.45) is -4.38. The fraction of sp³-hybridized carbons (Fsp3) is 0.364. The Morgan fingerprint density at radius 3 is 2.39 bits per heavy atom. The van der Waals surface area contributed by atoms with Gasteiger partial charge in [-0.3, -0.25) is 0 Å². The second kappa shape index (κ2) is 5.51. The van der Waals surface area contributed by atoms with Crippen LogP contribution in [0.25, 0.3) is 0 Å². The molecule has 0 unspecified atom stereocenters. The number of benzene rings is 1. The van der Waals surface area contributed by atoms with E-state index in [-0.39, 0.29) is 22.8 Å². The fourth-order valence-corrected chi connectivity index (χ4v) is 1.63. The molecule has 0 heterocycles. The Morgan fingerprint density at radius 2 is 2.00 bits per heavy atom. The summed E-state index contributed by atoms with van der Waals surface area (Å²) < 4.78 is 50.6. The molecule has 2 nitrogen and oxygen atoms in total. The predicted molar refractivity (Wildman–Crippen MR) is 66.2 cm³/mol. The molecule has 0 bridgehead atoms. The molecule has 2 N–H and O–H groups in total. The third-order valence-electron chi connectivity index (χ3n) is 2.32. The van der Waals surface area contributed by atoms with Crippen LogP contribution in [-0.4, -0.2) is 24.3 Å². The highest BCUT2D eigenvalue weighted by Crippen LogP contribution is 2.25. The van der Waals surface area contributed by atoms with Gasteiger partial charge in [0.15, 0.2) is 0 Å². The maximum absolute atomic E-state index is 13.7. The van der Waals surface area contributed by atoms with Crippen LogP contribution in [0.15, 0.2) is 18.2 Å². The number of rotatable bonds is 4. The van der Waals surface area contributed by atoms with Crippen LogP contribution in [-0.2, 0) is 0 Å². The normalized spacial score (nSPS) is 11.4. The summed E-state index contributed by atoms with van der Waals surface area (Å²) in [6, 6.07) is 3.69. The lowest BCUT2D eigenvalue weighted by molar-refractivity contribution is -0.119. The smallest absolute Gasteiger partial charge is 0.389 e. The molecule has 7 heteroatoms. The van der Waals surface area contributed by atoms with E-state index >= 15 is 0 Å². The number of hydrogen-bond acceptors (Lipinski definition) is 2. The number of alkyl halides is 3. The second-order valence-electron chi connectivity index (χ2n) is 3.66. The van der Waals surface area contributed by atoms with Gasteiger partial charge in [-0.15, -0.1) is 0 Å². The van der Waals surface area contributed by atoms with E-state index in [0.29, 0.717) is 0 Å². The van der Waals surface area contributed by atoms with Crippen molar-refractivity contribution in [3.8, 4) is 0 Å². The van der Waals surface area contributed by atoms with Gasteiger partial charge in [-0.25, -0.2) is 4.39 Å². The molecule has 0 amide bonds. The highest BCUT2D eigenvalue weighted by Gasteiger charge is 2.31. The molecule has 0 aliphatic carbocycles. The monoisotopic (exact) mass is 280 g/mol. The molecule has 0 radical (unpaired) electrons. The standard InChI is InChI=1S/C11H12F4N2S/c1-2-17(6-11(13,14)15)9-4-3-7(10(16)18)5-8(9)12/h3-5H,2,6H2,1H3,(H2,16,18). The molecule has 0 atom stereocenters. The third kappa shape index (κ3) is 3.83. The van der Waals surface area contributed by atoms with Gasteiger partial charge in [0, 0.05) is 12.1 Å². The lowest BCUT2D eigenvalue weighted by atomic mass is 10.2. The van der Waals surface area contributed by atoms with Gasteiger partial charge in [0.25, 0.3) is 0 Å². The first kappa shape index (κ1) is 14.7. The van der Waals surface area contributed by atoms with Crippen LogP contribution < -0.4 is 10.6 Å². The molecule has 0 saturated carbocycles. The Hall–Kier alpha value is -1.37. The summed E-state index contributed by atoms with van der Waals surface area (Å²) >= 11 is 4.66. The highest BCUT2D eigenvalue weighted by atomic mass is 32.1. The van der Waals surface area contributed by atoms with E-state index in [1.807, 2.05) is 0 Å². The average molecular weight is 280 g/mol. The number of nitrogens with zero attached hydrogens (tertiary/aromatic N) is 1. The van der Waals surface area contributed by atoms with Crippen molar-refractivity contribution in [2.45, 2.75) is 13.1 Å². The van der Waals surface area contributed by atoms with Crippen LogP contribution >= 0.6 is 12.2 Å². The zero-order valence-electron chi connectivity index (χ0n) is 9.59. The molecular weight excluding hydrogens is 268 g/mol. The quantitative estimate of drug-likeness (QED) is 0.679. The summed E-state index contributed by atoms with van der Waals surface area (Å²) in [4.78, 5) is 0.901. The van der Waals surface area contributed by atoms with Crippen molar-refractivity contribution in [1.82, 2.24) is 0 Å². The van der Waals surface area contributed by atoms with Gasteiger partial charge in [0.05, 0.1) is 5.69 Å². The molecule has 0 spiro atoms. The van der Waals surface area contributed by atoms with Gasteiger partial charge in [0.2, 0.25) is 0 Å². The zero-order chi connectivity index (χ0) is 13.9. The summed E-state index contributed by atoms with van der Waals surface area (Å²) in [5.41, 5.74) is 5.48. The summed E-state index contributed by atoms with van der Waals surface area (Å²) in [5, 5.41) is 0. The molecule has 0 aliphatic rings. The first-order valence-electron chi connectivity index (χ1n) is 5.15. The van der Waals surface area contributed by atoms with Crippen LogP contribution in [0.4, 0.5) is 23.2 Å². The maximum Gasteiger partial charge on any atom is 0.405 e. The Kier molecular flexibility index (Phi) is 4.50. The van der Waals surface area contributed by atoms with Crippen molar-refractivity contribution >= 4 is 22.9 Å². The molecule has 0 aliphatic heterocycles. The van der Waals surface area contributed by atoms with E-state index in [1.54, 1.807) is 0 Å². The van der Waals surface area contributed by atoms with Gasteiger partial charge in [-0.2, -0.15) is 13.2 Å². The first-order chi connectivity index (χ1) is 8.24. The van der Waals surface area contributed by atoms with Crippen LogP contribution in [0.1, 0.15) is 12.5 Å². The molecular formula is C11H12F4N2S. The lowest BCUT2D eigenvalue weighted by Gasteiger charge is -2.25.